The summed E-state index contributed by atoms with van der Waals surface area (Å²) in [5.41, 5.74) is -3.71. The average Bonchev–Trinajstić information content (AvgIpc) is 2.31. The number of hydrogen-bond acceptors (Lipinski definition) is 4. The van der Waals surface area contributed by atoms with E-state index in [0.717, 1.165) is 10.9 Å². The summed E-state index contributed by atoms with van der Waals surface area (Å²) in [5.74, 6) is -1.94. The molecule has 0 radical (unpaired) electrons. The van der Waals surface area contributed by atoms with Crippen molar-refractivity contribution in [1.29, 1.82) is 0 Å². The zero-order chi connectivity index (χ0) is 14.4. The summed E-state index contributed by atoms with van der Waals surface area (Å²) < 4.78 is 51.6. The second-order valence-electron chi connectivity index (χ2n) is 3.41. The number of fused-ring (bicyclic) bond motifs is 1. The highest BCUT2D eigenvalue weighted by Gasteiger charge is 2.37. The van der Waals surface area contributed by atoms with Crippen LogP contribution in [-0.2, 0) is 6.18 Å². The van der Waals surface area contributed by atoms with E-state index >= 15 is 0 Å². The number of alkyl halides is 3. The SMILES string of the molecule is C=Nn1cc2c(=O)c(F)c(C(F)(F)F)[nH]c2nc1=S. The molecule has 10 heteroatoms. The van der Waals surface area contributed by atoms with Gasteiger partial charge in [-0.3, -0.25) is 4.79 Å². The third-order valence-corrected chi connectivity index (χ3v) is 2.53. The Morgan fingerprint density at radius 1 is 1.47 bits per heavy atom. The van der Waals surface area contributed by atoms with Gasteiger partial charge < -0.3 is 4.98 Å². The highest BCUT2D eigenvalue weighted by atomic mass is 32.1. The summed E-state index contributed by atoms with van der Waals surface area (Å²) in [6, 6.07) is 0. The predicted octanol–water partition coefficient (Wildman–Crippen LogP) is 2.08. The molecule has 0 spiro atoms. The number of rotatable bonds is 1. The minimum Gasteiger partial charge on any atom is -0.333 e. The van der Waals surface area contributed by atoms with Crippen molar-refractivity contribution in [1.82, 2.24) is 14.6 Å². The third-order valence-electron chi connectivity index (χ3n) is 2.25. The molecular formula is C9H4F4N4OS. The summed E-state index contributed by atoms with van der Waals surface area (Å²) in [5, 5.41) is 2.95. The second-order valence-corrected chi connectivity index (χ2v) is 3.78. The molecule has 0 fully saturated rings. The first-order chi connectivity index (χ1) is 8.75. The van der Waals surface area contributed by atoms with Crippen molar-refractivity contribution in [2.75, 3.05) is 0 Å². The van der Waals surface area contributed by atoms with Crippen molar-refractivity contribution in [2.24, 2.45) is 5.10 Å². The normalized spacial score (nSPS) is 11.8. The van der Waals surface area contributed by atoms with Gasteiger partial charge in [-0.05, 0) is 12.2 Å². The van der Waals surface area contributed by atoms with Crippen molar-refractivity contribution in [2.45, 2.75) is 6.18 Å². The number of hydrogen-bond donors (Lipinski definition) is 1. The summed E-state index contributed by atoms with van der Waals surface area (Å²) in [6.07, 6.45) is -4.08. The lowest BCUT2D eigenvalue weighted by molar-refractivity contribution is -0.143. The van der Waals surface area contributed by atoms with Crippen LogP contribution >= 0.6 is 12.2 Å². The van der Waals surface area contributed by atoms with Gasteiger partial charge in [0.2, 0.25) is 10.2 Å². The van der Waals surface area contributed by atoms with Gasteiger partial charge in [-0.2, -0.15) is 18.3 Å². The molecule has 5 nitrogen and oxygen atoms in total. The number of pyridine rings is 1. The molecule has 0 aliphatic carbocycles. The molecule has 100 valence electrons. The van der Waals surface area contributed by atoms with E-state index in [1.54, 1.807) is 4.98 Å². The van der Waals surface area contributed by atoms with Crippen LogP contribution in [0.3, 0.4) is 0 Å². The smallest absolute Gasteiger partial charge is 0.333 e. The number of halogens is 4. The van der Waals surface area contributed by atoms with E-state index in [1.807, 2.05) is 0 Å². The molecular weight excluding hydrogens is 288 g/mol. The Hall–Kier alpha value is -2.10. The van der Waals surface area contributed by atoms with Gasteiger partial charge >= 0.3 is 6.18 Å². The lowest BCUT2D eigenvalue weighted by Crippen LogP contribution is -2.21. The quantitative estimate of drug-likeness (QED) is 0.497. The predicted molar refractivity (Wildman–Crippen MR) is 61.1 cm³/mol. The molecule has 2 rings (SSSR count). The maximum absolute atomic E-state index is 13.4. The Labute approximate surface area is 107 Å². The van der Waals surface area contributed by atoms with Crippen molar-refractivity contribution in [3.05, 3.63) is 32.7 Å². The van der Waals surface area contributed by atoms with Gasteiger partial charge in [0.15, 0.2) is 11.5 Å². The van der Waals surface area contributed by atoms with Gasteiger partial charge in [0.25, 0.3) is 0 Å². The maximum atomic E-state index is 13.4. The molecule has 2 aromatic rings. The lowest BCUT2D eigenvalue weighted by atomic mass is 10.2. The monoisotopic (exact) mass is 292 g/mol. The number of nitrogens with one attached hydrogen (secondary N) is 1. The van der Waals surface area contributed by atoms with E-state index in [9.17, 15) is 22.4 Å². The highest BCUT2D eigenvalue weighted by Crippen LogP contribution is 2.29. The van der Waals surface area contributed by atoms with Gasteiger partial charge in [-0.15, -0.1) is 0 Å². The molecule has 0 amide bonds. The summed E-state index contributed by atoms with van der Waals surface area (Å²) in [4.78, 5) is 16.8. The number of H-pyrrole nitrogens is 1. The largest absolute Gasteiger partial charge is 0.434 e. The van der Waals surface area contributed by atoms with Gasteiger partial charge in [0, 0.05) is 12.9 Å². The molecule has 19 heavy (non-hydrogen) atoms. The summed E-state index contributed by atoms with van der Waals surface area (Å²) in [6.45, 7) is 3.13. The van der Waals surface area contributed by atoms with Crippen LogP contribution < -0.4 is 5.43 Å². The fourth-order valence-electron chi connectivity index (χ4n) is 1.41. The maximum Gasteiger partial charge on any atom is 0.434 e. The van der Waals surface area contributed by atoms with Crippen LogP contribution in [0.25, 0.3) is 11.0 Å². The van der Waals surface area contributed by atoms with Crippen LogP contribution in [0.2, 0.25) is 0 Å². The van der Waals surface area contributed by atoms with E-state index in [-0.39, 0.29) is 4.77 Å². The minimum atomic E-state index is -5.04. The van der Waals surface area contributed by atoms with Crippen molar-refractivity contribution in [3.63, 3.8) is 0 Å². The van der Waals surface area contributed by atoms with Crippen molar-refractivity contribution < 1.29 is 17.6 Å². The van der Waals surface area contributed by atoms with Crippen molar-refractivity contribution in [3.8, 4) is 0 Å². The third kappa shape index (κ3) is 2.14. The Balaban J connectivity index is 2.97. The minimum absolute atomic E-state index is 0.224. The second kappa shape index (κ2) is 4.23. The zero-order valence-corrected chi connectivity index (χ0v) is 9.77. The molecule has 0 saturated carbocycles. The summed E-state index contributed by atoms with van der Waals surface area (Å²) >= 11 is 4.71. The Bertz CT molecular complexity index is 792. The fraction of sp³-hybridized carbons (Fsp3) is 0.111. The van der Waals surface area contributed by atoms with Crippen LogP contribution in [-0.4, -0.2) is 21.4 Å². The van der Waals surface area contributed by atoms with E-state index in [0.29, 0.717) is 0 Å². The molecule has 0 aliphatic rings. The number of aromatic nitrogens is 3. The molecule has 2 heterocycles. The fourth-order valence-corrected chi connectivity index (χ4v) is 1.61. The number of aromatic amines is 1. The zero-order valence-electron chi connectivity index (χ0n) is 8.95. The van der Waals surface area contributed by atoms with Crippen LogP contribution in [0.4, 0.5) is 17.6 Å². The molecule has 1 N–H and O–H groups in total. The first-order valence-electron chi connectivity index (χ1n) is 4.65. The molecule has 0 bridgehead atoms. The summed E-state index contributed by atoms with van der Waals surface area (Å²) in [7, 11) is 0. The number of nitrogens with zero attached hydrogens (tertiary/aromatic N) is 3. The van der Waals surface area contributed by atoms with Crippen LogP contribution in [0.5, 0.6) is 0 Å². The van der Waals surface area contributed by atoms with Crippen LogP contribution in [0.15, 0.2) is 16.1 Å². The van der Waals surface area contributed by atoms with Crippen molar-refractivity contribution >= 4 is 30.0 Å². The van der Waals surface area contributed by atoms with Gasteiger partial charge in [-0.25, -0.2) is 14.1 Å². The first-order valence-corrected chi connectivity index (χ1v) is 5.06. The first kappa shape index (κ1) is 13.3. The van der Waals surface area contributed by atoms with Gasteiger partial charge in [0.1, 0.15) is 5.65 Å². The molecule has 0 aromatic carbocycles. The standard InChI is InChI=1S/C9H4F4N4OS/c1-14-17-2-3-5(18)4(10)6(9(11,12)13)15-7(3)16-8(17)19/h2H,1H2,(H,15,16,19). The Kier molecular flexibility index (Phi) is 2.97. The van der Waals surface area contributed by atoms with Gasteiger partial charge in [-0.1, -0.05) is 0 Å². The molecule has 0 saturated heterocycles. The molecule has 0 atom stereocenters. The van der Waals surface area contributed by atoms with E-state index in [4.69, 9.17) is 12.2 Å². The average molecular weight is 292 g/mol. The lowest BCUT2D eigenvalue weighted by Gasteiger charge is -2.09. The van der Waals surface area contributed by atoms with E-state index in [1.165, 1.54) is 0 Å². The topological polar surface area (TPSA) is 63.0 Å². The Morgan fingerprint density at radius 2 is 2.11 bits per heavy atom. The van der Waals surface area contributed by atoms with Gasteiger partial charge in [0.05, 0.1) is 5.39 Å². The van der Waals surface area contributed by atoms with Crippen LogP contribution in [0, 0.1) is 10.6 Å². The van der Waals surface area contributed by atoms with Crippen LogP contribution in [0.1, 0.15) is 5.69 Å². The molecule has 0 unspecified atom stereocenters. The molecule has 2 aromatic heterocycles. The van der Waals surface area contributed by atoms with E-state index < -0.39 is 34.1 Å². The van der Waals surface area contributed by atoms with E-state index in [2.05, 4.69) is 16.8 Å². The highest BCUT2D eigenvalue weighted by molar-refractivity contribution is 7.71. The molecule has 0 aliphatic heterocycles. The Morgan fingerprint density at radius 3 is 2.63 bits per heavy atom.